The average Bonchev–Trinajstić information content (AvgIpc) is 2.52. The third-order valence-electron chi connectivity index (χ3n) is 4.08. The van der Waals surface area contributed by atoms with E-state index in [-0.39, 0.29) is 5.04 Å². The lowest BCUT2D eigenvalue weighted by Crippen LogP contribution is -2.66. The summed E-state index contributed by atoms with van der Waals surface area (Å²) in [4.78, 5) is 0. The number of rotatable bonds is 5. The van der Waals surface area contributed by atoms with Gasteiger partial charge >= 0.3 is 0 Å². The van der Waals surface area contributed by atoms with Crippen LogP contribution in [0.15, 0.2) is 70.3 Å². The standard InChI is InChI=1S/C20H25IOSi/c1-17(21)15-16-22-23(20(2,3)4,18-11-7-5-8-12-18)19-13-9-6-10-14-19/h5-15H,16H2,1-4H3/b17-15-. The van der Waals surface area contributed by atoms with Gasteiger partial charge in [0.05, 0.1) is 6.61 Å². The molecule has 1 nitrogen and oxygen atoms in total. The Balaban J connectivity index is 2.62. The first-order valence-electron chi connectivity index (χ1n) is 7.95. The maximum Gasteiger partial charge on any atom is 0.261 e. The molecule has 0 atom stereocenters. The van der Waals surface area contributed by atoms with Crippen LogP contribution in [0.25, 0.3) is 0 Å². The van der Waals surface area contributed by atoms with E-state index in [0.717, 1.165) is 0 Å². The Bertz CT molecular complexity index is 601. The lowest BCUT2D eigenvalue weighted by Gasteiger charge is -2.42. The largest absolute Gasteiger partial charge is 0.404 e. The molecule has 0 fully saturated rings. The molecule has 0 radical (unpaired) electrons. The Labute approximate surface area is 155 Å². The van der Waals surface area contributed by atoms with Crippen LogP contribution >= 0.6 is 22.6 Å². The molecule has 2 aromatic carbocycles. The zero-order valence-corrected chi connectivity index (χ0v) is 17.5. The molecule has 0 amide bonds. The van der Waals surface area contributed by atoms with Gasteiger partial charge < -0.3 is 4.43 Å². The van der Waals surface area contributed by atoms with Crippen molar-refractivity contribution >= 4 is 41.3 Å². The van der Waals surface area contributed by atoms with Crippen LogP contribution in [0.1, 0.15) is 27.7 Å². The number of halogens is 1. The van der Waals surface area contributed by atoms with E-state index < -0.39 is 8.32 Å². The molecular weight excluding hydrogens is 411 g/mol. The van der Waals surface area contributed by atoms with Crippen LogP contribution in [0.4, 0.5) is 0 Å². The summed E-state index contributed by atoms with van der Waals surface area (Å²) in [6.07, 6.45) is 2.17. The molecule has 0 aliphatic rings. The second-order valence-corrected chi connectivity index (χ2v) is 12.8. The molecular formula is C20H25IOSi. The minimum atomic E-state index is -2.36. The van der Waals surface area contributed by atoms with Gasteiger partial charge in [0, 0.05) is 0 Å². The summed E-state index contributed by atoms with van der Waals surface area (Å²) in [6.45, 7) is 9.68. The second kappa shape index (κ2) is 7.77. The highest BCUT2D eigenvalue weighted by Gasteiger charge is 2.49. The zero-order chi connectivity index (χ0) is 16.9. The van der Waals surface area contributed by atoms with Crippen LogP contribution in [-0.2, 0) is 4.43 Å². The van der Waals surface area contributed by atoms with Crippen molar-refractivity contribution in [3.63, 3.8) is 0 Å². The molecule has 3 heteroatoms. The zero-order valence-electron chi connectivity index (χ0n) is 14.3. The average molecular weight is 436 g/mol. The highest BCUT2D eigenvalue weighted by Crippen LogP contribution is 2.36. The Morgan fingerprint density at radius 3 is 1.74 bits per heavy atom. The molecule has 0 aliphatic carbocycles. The predicted molar refractivity (Wildman–Crippen MR) is 111 cm³/mol. The number of allylic oxidation sites excluding steroid dienone is 1. The molecule has 0 saturated carbocycles. The molecule has 122 valence electrons. The minimum Gasteiger partial charge on any atom is -0.404 e. The van der Waals surface area contributed by atoms with Gasteiger partial charge in [-0.25, -0.2) is 0 Å². The van der Waals surface area contributed by atoms with Crippen molar-refractivity contribution < 1.29 is 4.43 Å². The van der Waals surface area contributed by atoms with Crippen molar-refractivity contribution in [3.8, 4) is 0 Å². The van der Waals surface area contributed by atoms with Crippen molar-refractivity contribution in [2.75, 3.05) is 6.61 Å². The van der Waals surface area contributed by atoms with Crippen LogP contribution in [-0.4, -0.2) is 14.9 Å². The smallest absolute Gasteiger partial charge is 0.261 e. The number of hydrogen-bond donors (Lipinski definition) is 0. The molecule has 0 aromatic heterocycles. The Morgan fingerprint density at radius 1 is 0.957 bits per heavy atom. The van der Waals surface area contributed by atoms with Crippen molar-refractivity contribution in [1.82, 2.24) is 0 Å². The molecule has 0 unspecified atom stereocenters. The van der Waals surface area contributed by atoms with Gasteiger partial charge in [0.2, 0.25) is 0 Å². The molecule has 0 aliphatic heterocycles. The van der Waals surface area contributed by atoms with Crippen molar-refractivity contribution in [2.24, 2.45) is 0 Å². The quantitative estimate of drug-likeness (QED) is 0.479. The Kier molecular flexibility index (Phi) is 6.23. The normalized spacial score (nSPS) is 13.2. The fourth-order valence-corrected chi connectivity index (χ4v) is 7.71. The lowest BCUT2D eigenvalue weighted by atomic mass is 10.2. The molecule has 0 spiro atoms. The van der Waals surface area contributed by atoms with Crippen LogP contribution in [0, 0.1) is 0 Å². The van der Waals surface area contributed by atoms with Crippen molar-refractivity contribution in [2.45, 2.75) is 32.7 Å². The number of benzene rings is 2. The summed E-state index contributed by atoms with van der Waals surface area (Å²) in [7, 11) is -2.36. The molecule has 2 rings (SSSR count). The third kappa shape index (κ3) is 4.14. The van der Waals surface area contributed by atoms with Gasteiger partial charge in [-0.15, -0.1) is 0 Å². The summed E-state index contributed by atoms with van der Waals surface area (Å²) in [5.41, 5.74) is 0. The molecule has 23 heavy (non-hydrogen) atoms. The van der Waals surface area contributed by atoms with Crippen LogP contribution in [0.2, 0.25) is 5.04 Å². The monoisotopic (exact) mass is 436 g/mol. The van der Waals surface area contributed by atoms with Gasteiger partial charge in [-0.2, -0.15) is 0 Å². The van der Waals surface area contributed by atoms with Crippen LogP contribution in [0.3, 0.4) is 0 Å². The minimum absolute atomic E-state index is 0.0444. The Morgan fingerprint density at radius 2 is 1.39 bits per heavy atom. The van der Waals surface area contributed by atoms with E-state index in [1.807, 2.05) is 0 Å². The number of hydrogen-bond acceptors (Lipinski definition) is 1. The third-order valence-corrected chi connectivity index (χ3v) is 9.53. The van der Waals surface area contributed by atoms with Crippen LogP contribution in [0.5, 0.6) is 0 Å². The van der Waals surface area contributed by atoms with Gasteiger partial charge in [0.15, 0.2) is 0 Å². The van der Waals surface area contributed by atoms with E-state index in [4.69, 9.17) is 4.43 Å². The molecule has 0 heterocycles. The van der Waals surface area contributed by atoms with Gasteiger partial charge in [0.25, 0.3) is 8.32 Å². The highest BCUT2D eigenvalue weighted by atomic mass is 127. The van der Waals surface area contributed by atoms with Gasteiger partial charge in [-0.3, -0.25) is 0 Å². The van der Waals surface area contributed by atoms with E-state index in [0.29, 0.717) is 6.61 Å². The summed E-state index contributed by atoms with van der Waals surface area (Å²) in [5, 5.41) is 2.71. The predicted octanol–water partition coefficient (Wildman–Crippen LogP) is 4.90. The fraction of sp³-hybridized carbons (Fsp3) is 0.300. The summed E-state index contributed by atoms with van der Waals surface area (Å²) in [6, 6.07) is 21.5. The van der Waals surface area contributed by atoms with Crippen molar-refractivity contribution in [1.29, 1.82) is 0 Å². The Hall–Kier alpha value is -0.913. The lowest BCUT2D eigenvalue weighted by molar-refractivity contribution is 0.339. The highest BCUT2D eigenvalue weighted by molar-refractivity contribution is 14.1. The topological polar surface area (TPSA) is 9.23 Å². The second-order valence-electron chi connectivity index (χ2n) is 6.77. The molecule has 0 saturated heterocycles. The van der Waals surface area contributed by atoms with Crippen LogP contribution < -0.4 is 10.4 Å². The van der Waals surface area contributed by atoms with E-state index in [1.54, 1.807) is 0 Å². The van der Waals surface area contributed by atoms with E-state index in [9.17, 15) is 0 Å². The van der Waals surface area contributed by atoms with E-state index in [2.05, 4.69) is 117 Å². The first kappa shape index (κ1) is 18.4. The summed E-state index contributed by atoms with van der Waals surface area (Å²) >= 11 is 2.34. The molecule has 0 N–H and O–H groups in total. The molecule has 2 aromatic rings. The maximum atomic E-state index is 6.73. The van der Waals surface area contributed by atoms with Gasteiger partial charge in [0.1, 0.15) is 0 Å². The van der Waals surface area contributed by atoms with Gasteiger partial charge in [-0.1, -0.05) is 87.5 Å². The summed E-state index contributed by atoms with van der Waals surface area (Å²) in [5.74, 6) is 0. The molecule has 0 bridgehead atoms. The first-order valence-corrected chi connectivity index (χ1v) is 10.9. The van der Waals surface area contributed by atoms with Gasteiger partial charge in [-0.05, 0) is 48.5 Å². The van der Waals surface area contributed by atoms with Crippen molar-refractivity contribution in [3.05, 3.63) is 70.3 Å². The maximum absolute atomic E-state index is 6.73. The van der Waals surface area contributed by atoms with E-state index >= 15 is 0 Å². The summed E-state index contributed by atoms with van der Waals surface area (Å²) < 4.78 is 8.00. The SMILES string of the molecule is C/C(I)=C/CO[Si](c1ccccc1)(c1ccccc1)C(C)(C)C. The van der Waals surface area contributed by atoms with E-state index in [1.165, 1.54) is 14.0 Å². The first-order chi connectivity index (χ1) is 10.9. The fourth-order valence-electron chi connectivity index (χ4n) is 3.04.